The van der Waals surface area contributed by atoms with Gasteiger partial charge in [-0.3, -0.25) is 14.9 Å². The van der Waals surface area contributed by atoms with E-state index < -0.39 is 4.92 Å². The van der Waals surface area contributed by atoms with Crippen molar-refractivity contribution < 1.29 is 9.72 Å². The number of aromatic nitrogens is 2. The molecule has 1 fully saturated rings. The van der Waals surface area contributed by atoms with Crippen molar-refractivity contribution in [1.29, 1.82) is 0 Å². The molecule has 9 nitrogen and oxygen atoms in total. The number of carbonyl (C=O) groups excluding carboxylic acids is 1. The Hall–Kier alpha value is -3.23. The summed E-state index contributed by atoms with van der Waals surface area (Å²) in [5.41, 5.74) is 0.226. The molecule has 1 amide bonds. The molecule has 0 saturated heterocycles. The first-order valence-electron chi connectivity index (χ1n) is 9.24. The first-order valence-corrected chi connectivity index (χ1v) is 9.24. The standard InChI is InChI=1S/C19H24N6O3/c1-24(2)17-10-11-20-19(23-17)22-15-8-6-14(7-9-15)21-18(26)13-4-3-5-16(12-13)25(27)28/h3-5,10-12,14-15H,6-9H2,1-2H3,(H,21,26)(H,20,22,23). The molecule has 1 heterocycles. The van der Waals surface area contributed by atoms with Crippen LogP contribution in [0.1, 0.15) is 36.0 Å². The highest BCUT2D eigenvalue weighted by Crippen LogP contribution is 2.22. The lowest BCUT2D eigenvalue weighted by molar-refractivity contribution is -0.384. The molecule has 0 aliphatic heterocycles. The molecule has 0 atom stereocenters. The van der Waals surface area contributed by atoms with Crippen LogP contribution in [0.4, 0.5) is 17.5 Å². The van der Waals surface area contributed by atoms with Crippen LogP contribution in [0.2, 0.25) is 0 Å². The molecule has 1 aliphatic rings. The Morgan fingerprint density at radius 3 is 2.57 bits per heavy atom. The molecule has 0 bridgehead atoms. The molecular formula is C19H24N6O3. The van der Waals surface area contributed by atoms with Crippen molar-refractivity contribution in [1.82, 2.24) is 15.3 Å². The van der Waals surface area contributed by atoms with Crippen LogP contribution in [0.15, 0.2) is 36.5 Å². The van der Waals surface area contributed by atoms with Gasteiger partial charge in [-0.25, -0.2) is 4.98 Å². The summed E-state index contributed by atoms with van der Waals surface area (Å²) in [4.78, 5) is 33.4. The van der Waals surface area contributed by atoms with E-state index in [4.69, 9.17) is 0 Å². The zero-order valence-corrected chi connectivity index (χ0v) is 16.0. The van der Waals surface area contributed by atoms with Gasteiger partial charge in [0.2, 0.25) is 5.95 Å². The van der Waals surface area contributed by atoms with Gasteiger partial charge >= 0.3 is 0 Å². The van der Waals surface area contributed by atoms with E-state index in [-0.39, 0.29) is 23.7 Å². The van der Waals surface area contributed by atoms with Crippen LogP contribution in [0.3, 0.4) is 0 Å². The Labute approximate surface area is 163 Å². The van der Waals surface area contributed by atoms with Gasteiger partial charge in [0.1, 0.15) is 5.82 Å². The normalized spacial score (nSPS) is 18.9. The van der Waals surface area contributed by atoms with Crippen LogP contribution < -0.4 is 15.5 Å². The number of hydrogen-bond acceptors (Lipinski definition) is 7. The van der Waals surface area contributed by atoms with Gasteiger partial charge in [-0.05, 0) is 37.8 Å². The van der Waals surface area contributed by atoms with Gasteiger partial charge in [-0.15, -0.1) is 0 Å². The van der Waals surface area contributed by atoms with E-state index in [2.05, 4.69) is 20.6 Å². The Morgan fingerprint density at radius 2 is 1.89 bits per heavy atom. The number of non-ortho nitro benzene ring substituents is 1. The minimum atomic E-state index is -0.499. The van der Waals surface area contributed by atoms with E-state index >= 15 is 0 Å². The highest BCUT2D eigenvalue weighted by atomic mass is 16.6. The summed E-state index contributed by atoms with van der Waals surface area (Å²) in [6, 6.07) is 7.95. The van der Waals surface area contributed by atoms with Gasteiger partial charge in [0.05, 0.1) is 4.92 Å². The number of nitrogens with one attached hydrogen (secondary N) is 2. The largest absolute Gasteiger partial charge is 0.363 e. The third-order valence-corrected chi connectivity index (χ3v) is 4.81. The zero-order chi connectivity index (χ0) is 20.1. The minimum Gasteiger partial charge on any atom is -0.363 e. The van der Waals surface area contributed by atoms with Crippen molar-refractivity contribution in [3.63, 3.8) is 0 Å². The third kappa shape index (κ3) is 4.93. The molecule has 1 aliphatic carbocycles. The number of anilines is 2. The van der Waals surface area contributed by atoms with Crippen LogP contribution in [-0.2, 0) is 0 Å². The Morgan fingerprint density at radius 1 is 1.18 bits per heavy atom. The molecule has 0 unspecified atom stereocenters. The van der Waals surface area contributed by atoms with Gasteiger partial charge in [-0.2, -0.15) is 4.98 Å². The summed E-state index contributed by atoms with van der Waals surface area (Å²) >= 11 is 0. The van der Waals surface area contributed by atoms with Crippen molar-refractivity contribution in [3.8, 4) is 0 Å². The summed E-state index contributed by atoms with van der Waals surface area (Å²) in [6.45, 7) is 0. The van der Waals surface area contributed by atoms with Crippen molar-refractivity contribution in [2.24, 2.45) is 0 Å². The highest BCUT2D eigenvalue weighted by Gasteiger charge is 2.24. The fourth-order valence-electron chi connectivity index (χ4n) is 3.26. The van der Waals surface area contributed by atoms with Gasteiger partial charge in [0.25, 0.3) is 11.6 Å². The van der Waals surface area contributed by atoms with Gasteiger partial charge in [0, 0.05) is 50.1 Å². The predicted octanol–water partition coefficient (Wildman–Crippen LogP) is 2.60. The molecule has 148 valence electrons. The van der Waals surface area contributed by atoms with Crippen molar-refractivity contribution in [3.05, 3.63) is 52.2 Å². The number of carbonyl (C=O) groups is 1. The molecular weight excluding hydrogens is 360 g/mol. The Kier molecular flexibility index (Phi) is 6.03. The van der Waals surface area contributed by atoms with Gasteiger partial charge in [-0.1, -0.05) is 6.07 Å². The summed E-state index contributed by atoms with van der Waals surface area (Å²) in [5.74, 6) is 1.17. The maximum Gasteiger partial charge on any atom is 0.270 e. The number of nitrogens with zero attached hydrogens (tertiary/aromatic N) is 4. The maximum absolute atomic E-state index is 12.4. The van der Waals surface area contributed by atoms with Crippen LogP contribution >= 0.6 is 0 Å². The van der Waals surface area contributed by atoms with E-state index in [1.807, 2.05) is 25.1 Å². The lowest BCUT2D eigenvalue weighted by Gasteiger charge is -2.29. The topological polar surface area (TPSA) is 113 Å². The van der Waals surface area contributed by atoms with Crippen molar-refractivity contribution in [2.75, 3.05) is 24.3 Å². The second-order valence-electron chi connectivity index (χ2n) is 7.11. The van der Waals surface area contributed by atoms with Crippen LogP contribution in [0, 0.1) is 10.1 Å². The minimum absolute atomic E-state index is 0.0545. The summed E-state index contributed by atoms with van der Waals surface area (Å²) < 4.78 is 0. The Bertz CT molecular complexity index is 849. The van der Waals surface area contributed by atoms with Crippen molar-refractivity contribution in [2.45, 2.75) is 37.8 Å². The molecule has 2 aromatic rings. The molecule has 2 N–H and O–H groups in total. The number of nitro benzene ring substituents is 1. The molecule has 0 spiro atoms. The Balaban J connectivity index is 1.51. The third-order valence-electron chi connectivity index (χ3n) is 4.81. The number of hydrogen-bond donors (Lipinski definition) is 2. The van der Waals surface area contributed by atoms with Crippen molar-refractivity contribution >= 4 is 23.4 Å². The van der Waals surface area contributed by atoms with E-state index in [1.165, 1.54) is 18.2 Å². The second-order valence-corrected chi connectivity index (χ2v) is 7.11. The summed E-state index contributed by atoms with van der Waals surface area (Å²) in [6.07, 6.45) is 5.15. The fourth-order valence-corrected chi connectivity index (χ4v) is 3.26. The van der Waals surface area contributed by atoms with E-state index in [0.29, 0.717) is 11.5 Å². The molecule has 1 saturated carbocycles. The summed E-state index contributed by atoms with van der Waals surface area (Å²) in [5, 5.41) is 17.2. The van der Waals surface area contributed by atoms with Crippen LogP contribution in [-0.4, -0.2) is 47.0 Å². The van der Waals surface area contributed by atoms with E-state index in [1.54, 1.807) is 12.3 Å². The smallest absolute Gasteiger partial charge is 0.270 e. The molecule has 9 heteroatoms. The SMILES string of the molecule is CN(C)c1ccnc(NC2CCC(NC(=O)c3cccc([N+](=O)[O-])c3)CC2)n1. The first kappa shape index (κ1) is 19.5. The maximum atomic E-state index is 12.4. The van der Waals surface area contributed by atoms with E-state index in [9.17, 15) is 14.9 Å². The molecule has 1 aromatic heterocycles. The highest BCUT2D eigenvalue weighted by molar-refractivity contribution is 5.95. The first-order chi connectivity index (χ1) is 13.4. The van der Waals surface area contributed by atoms with E-state index in [0.717, 1.165) is 31.5 Å². The van der Waals surface area contributed by atoms with Crippen LogP contribution in [0.5, 0.6) is 0 Å². The second kappa shape index (κ2) is 8.64. The fraction of sp³-hybridized carbons (Fsp3) is 0.421. The molecule has 0 radical (unpaired) electrons. The average Bonchev–Trinajstić information content (AvgIpc) is 2.69. The predicted molar refractivity (Wildman–Crippen MR) is 107 cm³/mol. The lowest BCUT2D eigenvalue weighted by atomic mass is 9.91. The molecule has 1 aromatic carbocycles. The zero-order valence-electron chi connectivity index (χ0n) is 16.0. The van der Waals surface area contributed by atoms with Gasteiger partial charge < -0.3 is 15.5 Å². The molecule has 28 heavy (non-hydrogen) atoms. The van der Waals surface area contributed by atoms with Gasteiger partial charge in [0.15, 0.2) is 0 Å². The van der Waals surface area contributed by atoms with Crippen LogP contribution in [0.25, 0.3) is 0 Å². The lowest BCUT2D eigenvalue weighted by Crippen LogP contribution is -2.40. The number of amides is 1. The molecule has 3 rings (SSSR count). The quantitative estimate of drug-likeness (QED) is 0.581. The number of benzene rings is 1. The number of rotatable bonds is 6. The monoisotopic (exact) mass is 384 g/mol. The average molecular weight is 384 g/mol. The number of nitro groups is 1. The summed E-state index contributed by atoms with van der Waals surface area (Å²) in [7, 11) is 3.86.